The van der Waals surface area contributed by atoms with Gasteiger partial charge in [-0.2, -0.15) is 9.78 Å². The molecule has 0 spiro atoms. The molecular formula is C16H20N6O3. The van der Waals surface area contributed by atoms with Crippen LogP contribution < -0.4 is 5.43 Å². The van der Waals surface area contributed by atoms with Gasteiger partial charge in [-0.15, -0.1) is 0 Å². The minimum atomic E-state index is -0.675. The van der Waals surface area contributed by atoms with Crippen molar-refractivity contribution in [3.63, 3.8) is 0 Å². The minimum absolute atomic E-state index is 0.0180. The van der Waals surface area contributed by atoms with Crippen molar-refractivity contribution in [3.05, 3.63) is 51.8 Å². The first-order valence-electron chi connectivity index (χ1n) is 7.64. The summed E-state index contributed by atoms with van der Waals surface area (Å²) in [6.07, 6.45) is 1.24. The largest absolute Gasteiger partial charge is 0.490 e. The van der Waals surface area contributed by atoms with E-state index in [1.54, 1.807) is 19.1 Å². The molecule has 9 heteroatoms. The summed E-state index contributed by atoms with van der Waals surface area (Å²) in [5.41, 5.74) is 4.64. The van der Waals surface area contributed by atoms with Crippen LogP contribution in [0.4, 0.5) is 5.95 Å². The Balaban J connectivity index is 1.97. The molecule has 1 N–H and O–H groups in total. The number of nitrogens with one attached hydrogen (secondary N) is 1. The Morgan fingerprint density at radius 3 is 2.48 bits per heavy atom. The molecule has 0 radical (unpaired) electrons. The van der Waals surface area contributed by atoms with Crippen LogP contribution in [0.15, 0.2) is 35.7 Å². The van der Waals surface area contributed by atoms with Crippen LogP contribution in [-0.2, 0) is 12.0 Å². The second kappa shape index (κ2) is 7.20. The van der Waals surface area contributed by atoms with Crippen molar-refractivity contribution in [2.24, 2.45) is 5.10 Å². The van der Waals surface area contributed by atoms with Crippen molar-refractivity contribution in [3.8, 4) is 0 Å². The molecule has 132 valence electrons. The third-order valence-corrected chi connectivity index (χ3v) is 3.44. The molecule has 0 unspecified atom stereocenters. The lowest BCUT2D eigenvalue weighted by atomic mass is 9.87. The maximum atomic E-state index is 12.1. The number of nitro groups is 1. The summed E-state index contributed by atoms with van der Waals surface area (Å²) in [5.74, 6) is -0.805. The highest BCUT2D eigenvalue weighted by Crippen LogP contribution is 2.22. The smallest absolute Gasteiger partial charge is 0.390 e. The molecule has 1 heterocycles. The zero-order chi connectivity index (χ0) is 18.6. The van der Waals surface area contributed by atoms with E-state index >= 15 is 0 Å². The summed E-state index contributed by atoms with van der Waals surface area (Å²) in [6, 6.07) is 7.34. The van der Waals surface area contributed by atoms with Gasteiger partial charge < -0.3 is 10.1 Å². The van der Waals surface area contributed by atoms with Gasteiger partial charge in [-0.05, 0) is 35.0 Å². The Labute approximate surface area is 144 Å². The maximum absolute atomic E-state index is 12.1. The van der Waals surface area contributed by atoms with Crippen molar-refractivity contribution in [2.75, 3.05) is 0 Å². The molecule has 25 heavy (non-hydrogen) atoms. The Morgan fingerprint density at radius 1 is 1.32 bits per heavy atom. The molecule has 0 saturated carbocycles. The number of hydrogen-bond donors (Lipinski definition) is 1. The fraction of sp³-hybridized carbons (Fsp3) is 0.375. The van der Waals surface area contributed by atoms with Crippen molar-refractivity contribution in [1.29, 1.82) is 0 Å². The number of benzene rings is 1. The maximum Gasteiger partial charge on any atom is 0.490 e. The van der Waals surface area contributed by atoms with Gasteiger partial charge in [-0.25, -0.2) is 5.43 Å². The molecule has 2 rings (SSSR count). The quantitative estimate of drug-likeness (QED) is 0.507. The van der Waals surface area contributed by atoms with E-state index in [4.69, 9.17) is 0 Å². The molecule has 0 aliphatic heterocycles. The Hall–Kier alpha value is -3.10. The fourth-order valence-corrected chi connectivity index (χ4v) is 2.05. The van der Waals surface area contributed by atoms with E-state index in [9.17, 15) is 14.9 Å². The monoisotopic (exact) mass is 344 g/mol. The molecule has 0 aliphatic rings. The third kappa shape index (κ3) is 4.93. The van der Waals surface area contributed by atoms with Crippen LogP contribution in [0.3, 0.4) is 0 Å². The van der Waals surface area contributed by atoms with Crippen LogP contribution >= 0.6 is 0 Å². The average Bonchev–Trinajstić information content (AvgIpc) is 3.00. The Bertz CT molecular complexity index is 802. The molecule has 9 nitrogen and oxygen atoms in total. The number of rotatable bonds is 5. The van der Waals surface area contributed by atoms with Crippen LogP contribution in [0.5, 0.6) is 0 Å². The van der Waals surface area contributed by atoms with Gasteiger partial charge in [0, 0.05) is 10.7 Å². The van der Waals surface area contributed by atoms with Crippen LogP contribution in [0.2, 0.25) is 0 Å². The van der Waals surface area contributed by atoms with E-state index in [1.165, 1.54) is 11.0 Å². The average molecular weight is 344 g/mol. The van der Waals surface area contributed by atoms with Crippen LogP contribution in [0.25, 0.3) is 0 Å². The van der Waals surface area contributed by atoms with Gasteiger partial charge in [0.05, 0.1) is 12.3 Å². The molecule has 1 aromatic carbocycles. The highest BCUT2D eigenvalue weighted by Gasteiger charge is 2.15. The summed E-state index contributed by atoms with van der Waals surface area (Å²) in [4.78, 5) is 25.5. The lowest BCUT2D eigenvalue weighted by Crippen LogP contribution is -2.21. The minimum Gasteiger partial charge on any atom is -0.390 e. The van der Waals surface area contributed by atoms with Gasteiger partial charge in [-0.3, -0.25) is 4.79 Å². The molecule has 0 bridgehead atoms. The fourth-order valence-electron chi connectivity index (χ4n) is 2.05. The number of carbonyl (C=O) groups excluding carboxylic acids is 1. The molecule has 2 aromatic rings. The molecule has 1 amide bonds. The lowest BCUT2D eigenvalue weighted by molar-refractivity contribution is -0.394. The summed E-state index contributed by atoms with van der Waals surface area (Å²) in [7, 11) is 0. The number of carbonyl (C=O) groups is 1. The summed E-state index contributed by atoms with van der Waals surface area (Å²) in [5, 5.41) is 18.2. The summed E-state index contributed by atoms with van der Waals surface area (Å²) in [6.45, 7) is 8.17. The molecular weight excluding hydrogens is 324 g/mol. The number of hydrogen-bond acceptors (Lipinski definition) is 6. The Kier molecular flexibility index (Phi) is 5.26. The lowest BCUT2D eigenvalue weighted by Gasteiger charge is -2.18. The van der Waals surface area contributed by atoms with Gasteiger partial charge in [0.25, 0.3) is 5.91 Å². The number of nitrogens with zero attached hydrogens (tertiary/aromatic N) is 5. The van der Waals surface area contributed by atoms with Crippen molar-refractivity contribution in [2.45, 2.75) is 39.7 Å². The summed E-state index contributed by atoms with van der Waals surface area (Å²) < 4.78 is 1.28. The van der Waals surface area contributed by atoms with Gasteiger partial charge in [0.1, 0.15) is 0 Å². The number of aromatic nitrogens is 3. The van der Waals surface area contributed by atoms with E-state index in [2.05, 4.69) is 41.4 Å². The summed E-state index contributed by atoms with van der Waals surface area (Å²) >= 11 is 0. The van der Waals surface area contributed by atoms with Crippen molar-refractivity contribution >= 4 is 17.6 Å². The van der Waals surface area contributed by atoms with E-state index in [1.807, 2.05) is 12.1 Å². The van der Waals surface area contributed by atoms with E-state index in [0.29, 0.717) is 11.3 Å². The van der Waals surface area contributed by atoms with Crippen LogP contribution in [0, 0.1) is 10.1 Å². The zero-order valence-electron chi connectivity index (χ0n) is 14.6. The number of amides is 1. The predicted octanol–water partition coefficient (Wildman–Crippen LogP) is 2.29. The van der Waals surface area contributed by atoms with Crippen molar-refractivity contribution in [1.82, 2.24) is 20.2 Å². The normalized spacial score (nSPS) is 12.1. The van der Waals surface area contributed by atoms with Gasteiger partial charge in [0.2, 0.25) is 6.33 Å². The van der Waals surface area contributed by atoms with Gasteiger partial charge in [0.15, 0.2) is 0 Å². The molecule has 0 atom stereocenters. The highest BCUT2D eigenvalue weighted by molar-refractivity contribution is 5.95. The zero-order valence-corrected chi connectivity index (χ0v) is 14.6. The molecule has 0 saturated heterocycles. The first-order chi connectivity index (χ1) is 11.7. The van der Waals surface area contributed by atoms with Crippen molar-refractivity contribution < 1.29 is 9.72 Å². The molecule has 1 aromatic heterocycles. The predicted molar refractivity (Wildman–Crippen MR) is 92.4 cm³/mol. The van der Waals surface area contributed by atoms with E-state index in [-0.39, 0.29) is 17.9 Å². The number of hydrazone groups is 1. The van der Waals surface area contributed by atoms with Crippen LogP contribution in [-0.4, -0.2) is 31.3 Å². The van der Waals surface area contributed by atoms with Crippen LogP contribution in [0.1, 0.15) is 43.6 Å². The standard InChI is InChI=1S/C16H20N6O3/c1-11(9-21-10-17-15(20-21)22(24)25)18-19-14(23)12-5-7-13(8-6-12)16(2,3)4/h5-8,10H,9H2,1-4H3,(H,19,23)/b18-11-. The molecule has 0 aliphatic carbocycles. The van der Waals surface area contributed by atoms with E-state index < -0.39 is 10.9 Å². The first-order valence-corrected chi connectivity index (χ1v) is 7.64. The topological polar surface area (TPSA) is 115 Å². The first kappa shape index (κ1) is 18.2. The van der Waals surface area contributed by atoms with E-state index in [0.717, 1.165) is 5.56 Å². The Morgan fingerprint density at radius 2 is 1.96 bits per heavy atom. The van der Waals surface area contributed by atoms with Gasteiger partial charge >= 0.3 is 5.95 Å². The second-order valence-corrected chi connectivity index (χ2v) is 6.61. The third-order valence-electron chi connectivity index (χ3n) is 3.44. The van der Waals surface area contributed by atoms with Gasteiger partial charge in [-0.1, -0.05) is 37.9 Å². The SMILES string of the molecule is C/C(Cn1cnc([N+](=O)[O-])n1)=N/NC(=O)c1ccc(C(C)(C)C)cc1. The molecule has 0 fully saturated rings. The second-order valence-electron chi connectivity index (χ2n) is 6.61. The highest BCUT2D eigenvalue weighted by atomic mass is 16.6.